The number of halogens is 1. The van der Waals surface area contributed by atoms with Crippen LogP contribution >= 0.6 is 15.9 Å². The van der Waals surface area contributed by atoms with E-state index < -0.39 is 0 Å². The highest BCUT2D eigenvalue weighted by Gasteiger charge is 2.20. The van der Waals surface area contributed by atoms with Crippen molar-refractivity contribution in [1.82, 2.24) is 5.32 Å². The molecule has 0 saturated heterocycles. The van der Waals surface area contributed by atoms with E-state index in [4.69, 9.17) is 0 Å². The molecule has 0 bridgehead atoms. The smallest absolute Gasteiger partial charge is 0.251 e. The molecule has 3 nitrogen and oxygen atoms in total. The monoisotopic (exact) mass is 325 g/mol. The largest absolute Gasteiger partial charge is 0.393 e. The second-order valence-electron chi connectivity index (χ2n) is 5.34. The van der Waals surface area contributed by atoms with Crippen LogP contribution in [0.1, 0.15) is 41.6 Å². The normalized spacial score (nSPS) is 23.1. The number of aliphatic hydroxyl groups excluding tert-OH is 1. The Bertz CT molecular complexity index is 453. The lowest BCUT2D eigenvalue weighted by Gasteiger charge is -2.25. The molecule has 0 aliphatic heterocycles. The summed E-state index contributed by atoms with van der Waals surface area (Å²) in [5, 5.41) is 12.5. The minimum absolute atomic E-state index is 0.00359. The zero-order valence-electron chi connectivity index (χ0n) is 11.2. The molecule has 0 aromatic heterocycles. The molecule has 4 heteroatoms. The van der Waals surface area contributed by atoms with Crippen molar-refractivity contribution >= 4 is 21.8 Å². The maximum atomic E-state index is 12.1. The number of aliphatic hydroxyl groups is 1. The van der Waals surface area contributed by atoms with Gasteiger partial charge in [0.15, 0.2) is 0 Å². The van der Waals surface area contributed by atoms with Crippen molar-refractivity contribution in [1.29, 1.82) is 0 Å². The second kappa shape index (κ2) is 6.53. The van der Waals surface area contributed by atoms with E-state index in [1.54, 1.807) is 0 Å². The molecule has 1 fully saturated rings. The van der Waals surface area contributed by atoms with Gasteiger partial charge in [0.1, 0.15) is 0 Å². The molecule has 1 amide bonds. The molecule has 2 rings (SSSR count). The summed E-state index contributed by atoms with van der Waals surface area (Å²) in [4.78, 5) is 12.1. The predicted molar refractivity (Wildman–Crippen MR) is 79.2 cm³/mol. The Kier molecular flexibility index (Phi) is 4.99. The number of carbonyl (C=O) groups is 1. The first-order valence-corrected chi connectivity index (χ1v) is 7.58. The summed E-state index contributed by atoms with van der Waals surface area (Å²) in [6.45, 7) is 2.65. The molecule has 1 aliphatic carbocycles. The van der Waals surface area contributed by atoms with Crippen LogP contribution in [0.5, 0.6) is 0 Å². The number of aryl methyl sites for hydroxylation is 1. The lowest BCUT2D eigenvalue weighted by atomic mass is 9.87. The minimum Gasteiger partial charge on any atom is -0.393 e. The molecular weight excluding hydrogens is 306 g/mol. The highest BCUT2D eigenvalue weighted by Crippen LogP contribution is 2.23. The quantitative estimate of drug-likeness (QED) is 0.897. The van der Waals surface area contributed by atoms with E-state index in [2.05, 4.69) is 21.2 Å². The first-order valence-electron chi connectivity index (χ1n) is 6.78. The number of hydrogen-bond donors (Lipinski definition) is 2. The summed E-state index contributed by atoms with van der Waals surface area (Å²) in [7, 11) is 0. The van der Waals surface area contributed by atoms with Crippen molar-refractivity contribution in [3.8, 4) is 0 Å². The number of benzene rings is 1. The van der Waals surface area contributed by atoms with Gasteiger partial charge in [0.25, 0.3) is 5.91 Å². The maximum absolute atomic E-state index is 12.1. The van der Waals surface area contributed by atoms with Gasteiger partial charge < -0.3 is 10.4 Å². The van der Waals surface area contributed by atoms with Crippen LogP contribution in [-0.2, 0) is 0 Å². The summed E-state index contributed by atoms with van der Waals surface area (Å²) in [5.41, 5.74) is 1.71. The molecule has 2 N–H and O–H groups in total. The predicted octanol–water partition coefficient (Wildman–Crippen LogP) is 3.04. The topological polar surface area (TPSA) is 49.3 Å². The van der Waals surface area contributed by atoms with Gasteiger partial charge in [0.05, 0.1) is 6.10 Å². The van der Waals surface area contributed by atoms with E-state index >= 15 is 0 Å². The third kappa shape index (κ3) is 4.05. The van der Waals surface area contributed by atoms with Crippen LogP contribution in [0.3, 0.4) is 0 Å². The van der Waals surface area contributed by atoms with Gasteiger partial charge >= 0.3 is 0 Å². The molecule has 0 atom stereocenters. The summed E-state index contributed by atoms with van der Waals surface area (Å²) < 4.78 is 0.989. The van der Waals surface area contributed by atoms with Gasteiger partial charge in [-0.3, -0.25) is 4.79 Å². The van der Waals surface area contributed by atoms with Crippen molar-refractivity contribution < 1.29 is 9.90 Å². The molecule has 0 unspecified atom stereocenters. The van der Waals surface area contributed by atoms with Crippen molar-refractivity contribution in [2.45, 2.75) is 38.7 Å². The Morgan fingerprint density at radius 2 is 2.05 bits per heavy atom. The third-order valence-corrected chi connectivity index (χ3v) is 4.29. The van der Waals surface area contributed by atoms with E-state index in [0.717, 1.165) is 41.3 Å². The fourth-order valence-corrected chi connectivity index (χ4v) is 3.04. The van der Waals surface area contributed by atoms with Crippen molar-refractivity contribution in [3.63, 3.8) is 0 Å². The fraction of sp³-hybridized carbons (Fsp3) is 0.533. The molecule has 104 valence electrons. The average molecular weight is 326 g/mol. The van der Waals surface area contributed by atoms with Gasteiger partial charge in [0, 0.05) is 16.6 Å². The van der Waals surface area contributed by atoms with Crippen LogP contribution in [0.4, 0.5) is 0 Å². The van der Waals surface area contributed by atoms with Crippen molar-refractivity contribution in [2.24, 2.45) is 5.92 Å². The van der Waals surface area contributed by atoms with Gasteiger partial charge in [-0.1, -0.05) is 15.9 Å². The molecule has 1 aromatic rings. The molecule has 0 radical (unpaired) electrons. The third-order valence-electron chi connectivity index (χ3n) is 3.80. The Balaban J connectivity index is 1.87. The summed E-state index contributed by atoms with van der Waals surface area (Å²) >= 11 is 3.40. The molecule has 19 heavy (non-hydrogen) atoms. The first kappa shape index (κ1) is 14.5. The Labute approximate surface area is 122 Å². The SMILES string of the molecule is Cc1cc(Br)ccc1C(=O)NCC1CCC(O)CC1. The van der Waals surface area contributed by atoms with Crippen LogP contribution in [-0.4, -0.2) is 23.7 Å². The molecule has 0 heterocycles. The zero-order valence-corrected chi connectivity index (χ0v) is 12.7. The molecule has 0 spiro atoms. The first-order chi connectivity index (χ1) is 9.06. The zero-order chi connectivity index (χ0) is 13.8. The Morgan fingerprint density at radius 1 is 1.37 bits per heavy atom. The number of carbonyl (C=O) groups excluding carboxylic acids is 1. The Hall–Kier alpha value is -0.870. The van der Waals surface area contributed by atoms with Gasteiger partial charge in [-0.25, -0.2) is 0 Å². The number of amides is 1. The van der Waals surface area contributed by atoms with E-state index in [1.165, 1.54) is 0 Å². The molecular formula is C15H20BrNO2. The lowest BCUT2D eigenvalue weighted by Crippen LogP contribution is -2.32. The van der Waals surface area contributed by atoms with Crippen molar-refractivity contribution in [3.05, 3.63) is 33.8 Å². The van der Waals surface area contributed by atoms with E-state index in [-0.39, 0.29) is 12.0 Å². The van der Waals surface area contributed by atoms with E-state index in [0.29, 0.717) is 12.5 Å². The number of rotatable bonds is 3. The number of hydrogen-bond acceptors (Lipinski definition) is 2. The van der Waals surface area contributed by atoms with Gasteiger partial charge in [-0.05, 0) is 62.3 Å². The Morgan fingerprint density at radius 3 is 2.68 bits per heavy atom. The maximum Gasteiger partial charge on any atom is 0.251 e. The average Bonchev–Trinajstić information content (AvgIpc) is 2.37. The van der Waals surface area contributed by atoms with Crippen LogP contribution < -0.4 is 5.32 Å². The molecule has 1 aliphatic rings. The fourth-order valence-electron chi connectivity index (χ4n) is 2.56. The van der Waals surface area contributed by atoms with Crippen molar-refractivity contribution in [2.75, 3.05) is 6.54 Å². The van der Waals surface area contributed by atoms with E-state index in [9.17, 15) is 9.90 Å². The molecule has 1 aromatic carbocycles. The highest BCUT2D eigenvalue weighted by molar-refractivity contribution is 9.10. The van der Waals surface area contributed by atoms with Crippen LogP contribution in [0.2, 0.25) is 0 Å². The molecule has 1 saturated carbocycles. The second-order valence-corrected chi connectivity index (χ2v) is 6.26. The van der Waals surface area contributed by atoms with E-state index in [1.807, 2.05) is 25.1 Å². The summed E-state index contributed by atoms with van der Waals surface area (Å²) in [6.07, 6.45) is 3.58. The van der Waals surface area contributed by atoms with Crippen LogP contribution in [0.25, 0.3) is 0 Å². The summed E-state index contributed by atoms with van der Waals surface area (Å²) in [5.74, 6) is 0.499. The standard InChI is InChI=1S/C15H20BrNO2/c1-10-8-12(16)4-7-14(10)15(19)17-9-11-2-5-13(18)6-3-11/h4,7-8,11,13,18H,2-3,5-6,9H2,1H3,(H,17,19). The van der Waals surface area contributed by atoms with Gasteiger partial charge in [-0.2, -0.15) is 0 Å². The highest BCUT2D eigenvalue weighted by atomic mass is 79.9. The minimum atomic E-state index is -0.138. The van der Waals surface area contributed by atoms with Crippen LogP contribution in [0.15, 0.2) is 22.7 Å². The van der Waals surface area contributed by atoms with Crippen LogP contribution in [0, 0.1) is 12.8 Å². The van der Waals surface area contributed by atoms with Gasteiger partial charge in [-0.15, -0.1) is 0 Å². The summed E-state index contributed by atoms with van der Waals surface area (Å²) in [6, 6.07) is 5.68. The lowest BCUT2D eigenvalue weighted by molar-refractivity contribution is 0.0909. The number of nitrogens with one attached hydrogen (secondary N) is 1. The van der Waals surface area contributed by atoms with Gasteiger partial charge in [0.2, 0.25) is 0 Å².